The molecule has 0 aromatic rings. The van der Waals surface area contributed by atoms with E-state index in [2.05, 4.69) is 21.9 Å². The van der Waals surface area contributed by atoms with Gasteiger partial charge in [0.2, 0.25) is 21.8 Å². The Labute approximate surface area is 278 Å². The Morgan fingerprint density at radius 2 is 1.57 bits per heavy atom. The van der Waals surface area contributed by atoms with Gasteiger partial charge in [-0.1, -0.05) is 26.8 Å². The van der Waals surface area contributed by atoms with Crippen LogP contribution in [0.1, 0.15) is 94.9 Å². The fraction of sp³-hybridized carbons (Fsp3) is 0.781. The number of alkyl carbamates (subject to hydrolysis) is 1. The van der Waals surface area contributed by atoms with Gasteiger partial charge in [0.05, 0.1) is 11.8 Å². The third kappa shape index (κ3) is 9.17. The molecule has 266 valence electrons. The molecule has 2 saturated carbocycles. The van der Waals surface area contributed by atoms with Gasteiger partial charge in [-0.3, -0.25) is 19.1 Å². The Bertz CT molecular complexity index is 1360. The smallest absolute Gasteiger partial charge is 0.410 e. The number of likely N-dealkylation sites (tertiary alicyclic amines) is 1. The van der Waals surface area contributed by atoms with Gasteiger partial charge in [0.15, 0.2) is 0 Å². The Morgan fingerprint density at radius 1 is 1.00 bits per heavy atom. The minimum Gasteiger partial charge on any atom is -0.444 e. The number of amides is 5. The van der Waals surface area contributed by atoms with Crippen LogP contribution < -0.4 is 15.4 Å². The summed E-state index contributed by atoms with van der Waals surface area (Å²) in [5.41, 5.74) is -3.25. The summed E-state index contributed by atoms with van der Waals surface area (Å²) in [5, 5.41) is 4.71. The Kier molecular flexibility index (Phi) is 11.0. The highest BCUT2D eigenvalue weighted by atomic mass is 32.2. The van der Waals surface area contributed by atoms with Crippen LogP contribution in [0.15, 0.2) is 12.7 Å². The lowest BCUT2D eigenvalue weighted by Gasteiger charge is -2.36. The standard InChI is InChI=1S/C32H53N5O9S/c1-12-20-16-32(20,27(40)35-47(43,44)22-13-14-22)34-25(38)23-15-21(45-29(42)37(18(2)3)19(4)5)17-36(23)26(39)24(30(6,7)8)33-28(41)46-31(9,10)11/h12,18-24H,1,13-17H2,2-11H3,(H,33,41)(H,34,38)(H,35,40)/t20?,21-,23+,24-,32-/m1/s1. The third-order valence-corrected chi connectivity index (χ3v) is 10.3. The lowest BCUT2D eigenvalue weighted by molar-refractivity contribution is -0.143. The van der Waals surface area contributed by atoms with E-state index in [0.717, 1.165) is 0 Å². The fourth-order valence-corrected chi connectivity index (χ4v) is 7.22. The van der Waals surface area contributed by atoms with Crippen LogP contribution in [-0.4, -0.2) is 101 Å². The molecule has 14 nitrogen and oxygen atoms in total. The molecule has 15 heteroatoms. The zero-order chi connectivity index (χ0) is 35.9. The van der Waals surface area contributed by atoms with Crippen molar-refractivity contribution in [3.8, 4) is 0 Å². The number of rotatable bonds is 11. The first kappa shape index (κ1) is 38.1. The number of nitrogens with zero attached hydrogens (tertiary/aromatic N) is 2. The number of nitrogens with one attached hydrogen (secondary N) is 3. The van der Waals surface area contributed by atoms with Crippen molar-refractivity contribution in [1.82, 2.24) is 25.2 Å². The Morgan fingerprint density at radius 3 is 2.02 bits per heavy atom. The minimum absolute atomic E-state index is 0.0898. The van der Waals surface area contributed by atoms with Gasteiger partial charge < -0.3 is 29.9 Å². The number of ether oxygens (including phenoxy) is 2. The third-order valence-electron chi connectivity index (χ3n) is 8.46. The average Bonchev–Trinajstić information content (AvgIpc) is 3.81. The van der Waals surface area contributed by atoms with Crippen LogP contribution in [0, 0.1) is 11.3 Å². The SMILES string of the molecule is C=CC1C[C@]1(NC(=O)[C@@H]1C[C@@H](OC(=O)N(C(C)C)C(C)C)CN1C(=O)[C@@H](NC(=O)OC(C)(C)C)C(C)(C)C)C(=O)NS(=O)(=O)C1CC1. The number of hydrogen-bond acceptors (Lipinski definition) is 9. The predicted octanol–water partition coefficient (Wildman–Crippen LogP) is 2.82. The zero-order valence-electron chi connectivity index (χ0n) is 29.3. The molecule has 0 bridgehead atoms. The summed E-state index contributed by atoms with van der Waals surface area (Å²) in [4.78, 5) is 70.4. The van der Waals surface area contributed by atoms with E-state index in [-0.39, 0.29) is 31.5 Å². The van der Waals surface area contributed by atoms with Crippen molar-refractivity contribution >= 4 is 39.9 Å². The topological polar surface area (TPSA) is 181 Å². The molecule has 5 atom stereocenters. The van der Waals surface area contributed by atoms with Gasteiger partial charge in [-0.15, -0.1) is 6.58 Å². The highest BCUT2D eigenvalue weighted by molar-refractivity contribution is 7.91. The molecule has 0 aromatic carbocycles. The largest absolute Gasteiger partial charge is 0.444 e. The number of sulfonamides is 1. The molecule has 3 aliphatic rings. The van der Waals surface area contributed by atoms with Crippen molar-refractivity contribution in [3.05, 3.63) is 12.7 Å². The molecule has 1 unspecified atom stereocenters. The second-order valence-corrected chi connectivity index (χ2v) is 17.4. The fourth-order valence-electron chi connectivity index (χ4n) is 5.86. The normalized spacial score (nSPS) is 25.1. The molecule has 0 aromatic heterocycles. The van der Waals surface area contributed by atoms with E-state index >= 15 is 0 Å². The summed E-state index contributed by atoms with van der Waals surface area (Å²) < 4.78 is 38.5. The first-order valence-electron chi connectivity index (χ1n) is 16.2. The molecular formula is C32H53N5O9S. The number of carbonyl (C=O) groups is 5. The van der Waals surface area contributed by atoms with Crippen LogP contribution in [0.25, 0.3) is 0 Å². The van der Waals surface area contributed by atoms with E-state index in [0.29, 0.717) is 12.8 Å². The van der Waals surface area contributed by atoms with Crippen molar-refractivity contribution < 1.29 is 41.9 Å². The van der Waals surface area contributed by atoms with Crippen molar-refractivity contribution in [3.63, 3.8) is 0 Å². The van der Waals surface area contributed by atoms with E-state index in [4.69, 9.17) is 9.47 Å². The summed E-state index contributed by atoms with van der Waals surface area (Å²) in [6.07, 6.45) is 0.0775. The Hall–Kier alpha value is -3.36. The molecule has 2 aliphatic carbocycles. The second-order valence-electron chi connectivity index (χ2n) is 15.5. The van der Waals surface area contributed by atoms with Crippen LogP contribution in [0.4, 0.5) is 9.59 Å². The van der Waals surface area contributed by atoms with E-state index in [1.54, 1.807) is 46.4 Å². The maximum Gasteiger partial charge on any atom is 0.410 e. The summed E-state index contributed by atoms with van der Waals surface area (Å²) in [7, 11) is -3.90. The lowest BCUT2D eigenvalue weighted by Crippen LogP contribution is -2.60. The van der Waals surface area contributed by atoms with E-state index in [1.807, 2.05) is 27.7 Å². The maximum atomic E-state index is 14.2. The Balaban J connectivity index is 1.93. The van der Waals surface area contributed by atoms with E-state index in [9.17, 15) is 32.4 Å². The molecule has 3 rings (SSSR count). The maximum absolute atomic E-state index is 14.2. The van der Waals surface area contributed by atoms with Crippen LogP contribution in [0.5, 0.6) is 0 Å². The molecule has 0 spiro atoms. The van der Waals surface area contributed by atoms with Crippen LogP contribution >= 0.6 is 0 Å². The molecule has 1 aliphatic heterocycles. The lowest BCUT2D eigenvalue weighted by atomic mass is 9.85. The van der Waals surface area contributed by atoms with Crippen molar-refractivity contribution in [2.24, 2.45) is 11.3 Å². The first-order valence-corrected chi connectivity index (χ1v) is 17.8. The second kappa shape index (κ2) is 13.6. The summed E-state index contributed by atoms with van der Waals surface area (Å²) in [5.74, 6) is -2.75. The number of hydrogen-bond donors (Lipinski definition) is 3. The molecule has 1 saturated heterocycles. The van der Waals surface area contributed by atoms with Gasteiger partial charge in [-0.25, -0.2) is 18.0 Å². The minimum atomic E-state index is -3.90. The molecule has 5 amide bonds. The van der Waals surface area contributed by atoms with Crippen molar-refractivity contribution in [2.45, 2.75) is 142 Å². The van der Waals surface area contributed by atoms with Gasteiger partial charge in [-0.2, -0.15) is 0 Å². The quantitative estimate of drug-likeness (QED) is 0.276. The molecule has 0 radical (unpaired) electrons. The van der Waals surface area contributed by atoms with E-state index in [1.165, 1.54) is 11.0 Å². The first-order chi connectivity index (χ1) is 21.4. The van der Waals surface area contributed by atoms with Crippen molar-refractivity contribution in [2.75, 3.05) is 6.54 Å². The summed E-state index contributed by atoms with van der Waals surface area (Å²) in [6, 6.07) is -2.72. The summed E-state index contributed by atoms with van der Waals surface area (Å²) >= 11 is 0. The van der Waals surface area contributed by atoms with Gasteiger partial charge in [0.25, 0.3) is 5.91 Å². The van der Waals surface area contributed by atoms with Crippen LogP contribution in [0.3, 0.4) is 0 Å². The molecule has 3 fully saturated rings. The van der Waals surface area contributed by atoms with Gasteiger partial charge >= 0.3 is 12.2 Å². The highest BCUT2D eigenvalue weighted by Gasteiger charge is 2.62. The van der Waals surface area contributed by atoms with Gasteiger partial charge in [-0.05, 0) is 73.1 Å². The summed E-state index contributed by atoms with van der Waals surface area (Å²) in [6.45, 7) is 21.3. The van der Waals surface area contributed by atoms with Gasteiger partial charge in [0.1, 0.15) is 29.3 Å². The molecule has 1 heterocycles. The zero-order valence-corrected chi connectivity index (χ0v) is 30.2. The molecule has 47 heavy (non-hydrogen) atoms. The predicted molar refractivity (Wildman–Crippen MR) is 174 cm³/mol. The van der Waals surface area contributed by atoms with Gasteiger partial charge in [0, 0.05) is 24.4 Å². The monoisotopic (exact) mass is 683 g/mol. The molecule has 3 N–H and O–H groups in total. The molecular weight excluding hydrogens is 630 g/mol. The van der Waals surface area contributed by atoms with Crippen LogP contribution in [0.2, 0.25) is 0 Å². The van der Waals surface area contributed by atoms with E-state index < -0.39 is 85.8 Å². The van der Waals surface area contributed by atoms with Crippen molar-refractivity contribution in [1.29, 1.82) is 0 Å². The number of carbonyl (C=O) groups excluding carboxylic acids is 5. The highest BCUT2D eigenvalue weighted by Crippen LogP contribution is 2.45. The average molecular weight is 684 g/mol. The van der Waals surface area contributed by atoms with Crippen LogP contribution in [-0.2, 0) is 33.9 Å².